The third kappa shape index (κ3) is 4.25. The lowest BCUT2D eigenvalue weighted by molar-refractivity contribution is -0.124. The molecule has 0 aliphatic carbocycles. The number of rotatable bonds is 6. The summed E-state index contributed by atoms with van der Waals surface area (Å²) in [6.07, 6.45) is -0.247. The molecule has 0 spiro atoms. The van der Waals surface area contributed by atoms with Gasteiger partial charge in [0.1, 0.15) is 11.5 Å². The van der Waals surface area contributed by atoms with Crippen molar-refractivity contribution in [2.75, 3.05) is 25.4 Å². The molecule has 0 saturated carbocycles. The topological polar surface area (TPSA) is 64.6 Å². The van der Waals surface area contributed by atoms with Crippen LogP contribution >= 0.6 is 11.6 Å². The molecule has 0 radical (unpaired) electrons. The Kier molecular flexibility index (Phi) is 5.45. The lowest BCUT2D eigenvalue weighted by Crippen LogP contribution is -2.17. The van der Waals surface area contributed by atoms with Gasteiger partial charge in [0.2, 0.25) is 5.91 Å². The summed E-state index contributed by atoms with van der Waals surface area (Å²) in [5, 5.41) is 2.58. The molecule has 0 aliphatic rings. The maximum atomic E-state index is 11.5. The Labute approximate surface area is 110 Å². The summed E-state index contributed by atoms with van der Waals surface area (Å²) in [5.74, 6) is 0.177. The number of alkyl halides is 1. The lowest BCUT2D eigenvalue weighted by Gasteiger charge is -2.09. The molecule has 1 rings (SSSR count). The lowest BCUT2D eigenvalue weighted by atomic mass is 10.2. The summed E-state index contributed by atoms with van der Waals surface area (Å²) in [4.78, 5) is 22.5. The molecule has 98 valence electrons. The summed E-state index contributed by atoms with van der Waals surface area (Å²) < 4.78 is 10.1. The van der Waals surface area contributed by atoms with E-state index in [0.717, 1.165) is 0 Å². The molecule has 0 saturated heterocycles. The van der Waals surface area contributed by atoms with Gasteiger partial charge in [-0.2, -0.15) is 0 Å². The van der Waals surface area contributed by atoms with E-state index in [1.54, 1.807) is 18.2 Å². The smallest absolute Gasteiger partial charge is 0.231 e. The number of halogens is 1. The molecule has 0 atom stereocenters. The summed E-state index contributed by atoms with van der Waals surface area (Å²) >= 11 is 5.32. The molecule has 18 heavy (non-hydrogen) atoms. The van der Waals surface area contributed by atoms with Crippen molar-refractivity contribution in [3.63, 3.8) is 0 Å². The fraction of sp³-hybridized carbons (Fsp3) is 0.333. The van der Waals surface area contributed by atoms with Crippen LogP contribution in [-0.2, 0) is 9.59 Å². The van der Waals surface area contributed by atoms with Crippen LogP contribution in [0.1, 0.15) is 6.42 Å². The third-order valence-corrected chi connectivity index (χ3v) is 2.44. The molecule has 0 bridgehead atoms. The van der Waals surface area contributed by atoms with Crippen LogP contribution in [0, 0.1) is 0 Å². The standard InChI is InChI=1S/C12H14ClNO4/c1-17-10-3-8(4-11(6-10)18-2)14-12(16)5-9(15)7-13/h3-4,6H,5,7H2,1-2H3,(H,14,16). The van der Waals surface area contributed by atoms with Crippen molar-refractivity contribution in [2.24, 2.45) is 0 Å². The second-order valence-corrected chi connectivity index (χ2v) is 3.77. The zero-order valence-corrected chi connectivity index (χ0v) is 10.9. The summed E-state index contributed by atoms with van der Waals surface area (Å²) in [7, 11) is 3.02. The number of hydrogen-bond acceptors (Lipinski definition) is 4. The molecular weight excluding hydrogens is 258 g/mol. The average Bonchev–Trinajstić information content (AvgIpc) is 2.37. The second kappa shape index (κ2) is 6.86. The third-order valence-electron chi connectivity index (χ3n) is 2.14. The monoisotopic (exact) mass is 271 g/mol. The van der Waals surface area contributed by atoms with Crippen LogP contribution in [0.2, 0.25) is 0 Å². The van der Waals surface area contributed by atoms with E-state index < -0.39 is 5.91 Å². The van der Waals surface area contributed by atoms with Crippen molar-refractivity contribution >= 4 is 29.0 Å². The molecular formula is C12H14ClNO4. The zero-order chi connectivity index (χ0) is 13.5. The minimum atomic E-state index is -0.420. The number of carbonyl (C=O) groups is 2. The Morgan fingerprint density at radius 1 is 1.17 bits per heavy atom. The number of Topliss-reactive ketones (excluding diaryl/α,β-unsaturated/α-hetero) is 1. The molecule has 0 fully saturated rings. The van der Waals surface area contributed by atoms with Crippen LogP contribution in [0.5, 0.6) is 11.5 Å². The number of methoxy groups -OCH3 is 2. The molecule has 1 N–H and O–H groups in total. The quantitative estimate of drug-likeness (QED) is 0.633. The van der Waals surface area contributed by atoms with Gasteiger partial charge in [-0.15, -0.1) is 11.6 Å². The van der Waals surface area contributed by atoms with Gasteiger partial charge in [0.15, 0.2) is 5.78 Å². The average molecular weight is 272 g/mol. The van der Waals surface area contributed by atoms with Crippen molar-refractivity contribution in [3.05, 3.63) is 18.2 Å². The fourth-order valence-corrected chi connectivity index (χ4v) is 1.41. The summed E-state index contributed by atoms with van der Waals surface area (Å²) in [6, 6.07) is 4.94. The first kappa shape index (κ1) is 14.3. The zero-order valence-electron chi connectivity index (χ0n) is 10.2. The van der Waals surface area contributed by atoms with E-state index in [0.29, 0.717) is 17.2 Å². The molecule has 0 aromatic heterocycles. The van der Waals surface area contributed by atoms with E-state index >= 15 is 0 Å². The number of benzene rings is 1. The van der Waals surface area contributed by atoms with Crippen molar-refractivity contribution in [3.8, 4) is 11.5 Å². The highest BCUT2D eigenvalue weighted by molar-refractivity contribution is 6.29. The van der Waals surface area contributed by atoms with E-state index in [1.807, 2.05) is 0 Å². The van der Waals surface area contributed by atoms with Crippen LogP contribution < -0.4 is 14.8 Å². The first-order valence-electron chi connectivity index (χ1n) is 5.19. The molecule has 0 aliphatic heterocycles. The molecule has 5 nitrogen and oxygen atoms in total. The Hall–Kier alpha value is -1.75. The predicted molar refractivity (Wildman–Crippen MR) is 68.5 cm³/mol. The first-order valence-corrected chi connectivity index (χ1v) is 5.73. The fourth-order valence-electron chi connectivity index (χ4n) is 1.31. The maximum Gasteiger partial charge on any atom is 0.231 e. The molecule has 1 aromatic rings. The van der Waals surface area contributed by atoms with Crippen LogP contribution in [-0.4, -0.2) is 31.8 Å². The van der Waals surface area contributed by atoms with Gasteiger partial charge < -0.3 is 14.8 Å². The van der Waals surface area contributed by atoms with E-state index in [1.165, 1.54) is 14.2 Å². The number of hydrogen-bond donors (Lipinski definition) is 1. The van der Waals surface area contributed by atoms with E-state index in [4.69, 9.17) is 21.1 Å². The minimum absolute atomic E-state index is 0.172. The van der Waals surface area contributed by atoms with E-state index in [-0.39, 0.29) is 18.1 Å². The van der Waals surface area contributed by atoms with Crippen molar-refractivity contribution in [2.45, 2.75) is 6.42 Å². The minimum Gasteiger partial charge on any atom is -0.497 e. The van der Waals surface area contributed by atoms with Crippen molar-refractivity contribution < 1.29 is 19.1 Å². The van der Waals surface area contributed by atoms with Gasteiger partial charge in [-0.3, -0.25) is 9.59 Å². The first-order chi connectivity index (χ1) is 8.58. The number of nitrogens with one attached hydrogen (secondary N) is 1. The largest absolute Gasteiger partial charge is 0.497 e. The Morgan fingerprint density at radius 3 is 2.17 bits per heavy atom. The van der Waals surface area contributed by atoms with Gasteiger partial charge in [-0.25, -0.2) is 0 Å². The summed E-state index contributed by atoms with van der Waals surface area (Å²) in [5.41, 5.74) is 0.499. The van der Waals surface area contributed by atoms with E-state index in [9.17, 15) is 9.59 Å². The molecule has 0 unspecified atom stereocenters. The Balaban J connectivity index is 2.77. The highest BCUT2D eigenvalue weighted by Gasteiger charge is 2.10. The normalized spacial score (nSPS) is 9.72. The van der Waals surface area contributed by atoms with Gasteiger partial charge >= 0.3 is 0 Å². The van der Waals surface area contributed by atoms with Gasteiger partial charge in [-0.1, -0.05) is 0 Å². The number of ether oxygens (including phenoxy) is 2. The maximum absolute atomic E-state index is 11.5. The number of carbonyl (C=O) groups excluding carboxylic acids is 2. The molecule has 6 heteroatoms. The van der Waals surface area contributed by atoms with Crippen LogP contribution in [0.25, 0.3) is 0 Å². The predicted octanol–water partition coefficient (Wildman–Crippen LogP) is 1.84. The van der Waals surface area contributed by atoms with E-state index in [2.05, 4.69) is 5.32 Å². The van der Waals surface area contributed by atoms with Gasteiger partial charge in [0.05, 0.1) is 26.5 Å². The van der Waals surface area contributed by atoms with Crippen LogP contribution in [0.3, 0.4) is 0 Å². The SMILES string of the molecule is COc1cc(NC(=O)CC(=O)CCl)cc(OC)c1. The Morgan fingerprint density at radius 2 is 1.72 bits per heavy atom. The highest BCUT2D eigenvalue weighted by atomic mass is 35.5. The second-order valence-electron chi connectivity index (χ2n) is 3.50. The van der Waals surface area contributed by atoms with Crippen molar-refractivity contribution in [1.29, 1.82) is 0 Å². The summed E-state index contributed by atoms with van der Waals surface area (Å²) in [6.45, 7) is 0. The highest BCUT2D eigenvalue weighted by Crippen LogP contribution is 2.25. The molecule has 0 heterocycles. The van der Waals surface area contributed by atoms with Crippen LogP contribution in [0.15, 0.2) is 18.2 Å². The molecule has 1 aromatic carbocycles. The number of ketones is 1. The van der Waals surface area contributed by atoms with Gasteiger partial charge in [0.25, 0.3) is 0 Å². The van der Waals surface area contributed by atoms with Gasteiger partial charge in [0, 0.05) is 23.9 Å². The number of amides is 1. The Bertz CT molecular complexity index is 425. The number of anilines is 1. The van der Waals surface area contributed by atoms with Crippen molar-refractivity contribution in [1.82, 2.24) is 0 Å². The molecule has 1 amide bonds. The van der Waals surface area contributed by atoms with Crippen LogP contribution in [0.4, 0.5) is 5.69 Å². The van der Waals surface area contributed by atoms with Gasteiger partial charge in [-0.05, 0) is 0 Å².